The number of sulfonamides is 1. The van der Waals surface area contributed by atoms with Crippen LogP contribution in [0.3, 0.4) is 0 Å². The third-order valence-corrected chi connectivity index (χ3v) is 10.1. The van der Waals surface area contributed by atoms with E-state index >= 15 is 0 Å². The van der Waals surface area contributed by atoms with Crippen molar-refractivity contribution in [2.24, 2.45) is 0 Å². The molecular weight excluding hydrogens is 560 g/mol. The highest BCUT2D eigenvalue weighted by Crippen LogP contribution is 2.33. The highest BCUT2D eigenvalue weighted by molar-refractivity contribution is 7.89. The van der Waals surface area contributed by atoms with Gasteiger partial charge >= 0.3 is 6.09 Å². The first-order chi connectivity index (χ1) is 19.2. The monoisotopic (exact) mass is 590 g/mol. The molecule has 2 saturated heterocycles. The molecule has 40 heavy (non-hydrogen) atoms. The van der Waals surface area contributed by atoms with E-state index in [2.05, 4.69) is 15.0 Å². The van der Waals surface area contributed by atoms with Crippen molar-refractivity contribution in [3.8, 4) is 0 Å². The van der Waals surface area contributed by atoms with Crippen LogP contribution in [0.4, 0.5) is 10.7 Å². The summed E-state index contributed by atoms with van der Waals surface area (Å²) in [5.74, 6) is 0.221. The number of piperazine rings is 2. The van der Waals surface area contributed by atoms with Crippen LogP contribution in [0.15, 0.2) is 34.5 Å². The number of carbonyl (C=O) groups is 2. The topological polar surface area (TPSA) is 151 Å². The molecule has 14 nitrogen and oxygen atoms in total. The summed E-state index contributed by atoms with van der Waals surface area (Å²) < 4.78 is 35.1. The maximum Gasteiger partial charge on any atom is 0.409 e. The summed E-state index contributed by atoms with van der Waals surface area (Å²) in [5.41, 5.74) is -0.581. The molecule has 0 saturated carbocycles. The number of fused-ring (bicyclic) bond motifs is 1. The fourth-order valence-electron chi connectivity index (χ4n) is 4.85. The average Bonchev–Trinajstić information content (AvgIpc) is 3.32. The fraction of sp³-hybridized carbons (Fsp3) is 0.500. The zero-order chi connectivity index (χ0) is 28.4. The summed E-state index contributed by atoms with van der Waals surface area (Å²) in [6.45, 7) is 5.87. The number of hydrogen-bond donors (Lipinski definition) is 0. The number of hydrogen-bond acceptors (Lipinski definition) is 11. The first-order valence-corrected chi connectivity index (χ1v) is 15.2. The van der Waals surface area contributed by atoms with Crippen LogP contribution in [0, 0.1) is 6.92 Å². The van der Waals surface area contributed by atoms with Crippen molar-refractivity contribution >= 4 is 49.5 Å². The van der Waals surface area contributed by atoms with Gasteiger partial charge in [-0.25, -0.2) is 28.2 Å². The van der Waals surface area contributed by atoms with Gasteiger partial charge in [0.05, 0.1) is 18.3 Å². The minimum Gasteiger partial charge on any atom is -0.450 e. The average molecular weight is 591 g/mol. The Hall–Kier alpha value is -3.63. The third kappa shape index (κ3) is 5.38. The Morgan fingerprint density at radius 2 is 1.62 bits per heavy atom. The van der Waals surface area contributed by atoms with E-state index in [9.17, 15) is 22.8 Å². The SMILES string of the molecule is CCOC(=O)N1CCN(C(=O)Cn2cnc3sc(C)c(S(=O)(=O)N4CCN(c5ncccn5)CC4)c3c2=O)CC1. The van der Waals surface area contributed by atoms with Crippen molar-refractivity contribution in [3.63, 3.8) is 0 Å². The van der Waals surface area contributed by atoms with Crippen LogP contribution >= 0.6 is 11.3 Å². The molecule has 0 radical (unpaired) electrons. The second-order valence-electron chi connectivity index (χ2n) is 9.35. The van der Waals surface area contributed by atoms with Gasteiger partial charge in [-0.05, 0) is 19.9 Å². The lowest BCUT2D eigenvalue weighted by atomic mass is 10.3. The molecule has 0 aromatic carbocycles. The van der Waals surface area contributed by atoms with Crippen molar-refractivity contribution in [1.29, 1.82) is 0 Å². The number of nitrogens with zero attached hydrogens (tertiary/aromatic N) is 8. The zero-order valence-corrected chi connectivity index (χ0v) is 23.9. The Bertz CT molecular complexity index is 1560. The van der Waals surface area contributed by atoms with E-state index in [4.69, 9.17) is 4.74 Å². The van der Waals surface area contributed by atoms with Crippen LogP contribution in [-0.4, -0.2) is 113 Å². The summed E-state index contributed by atoms with van der Waals surface area (Å²) in [7, 11) is -4.01. The van der Waals surface area contributed by atoms with E-state index in [-0.39, 0.29) is 42.4 Å². The number of rotatable bonds is 6. The Balaban J connectivity index is 1.33. The molecule has 3 aromatic rings. The number of ether oxygens (including phenoxy) is 1. The molecule has 5 rings (SSSR count). The van der Waals surface area contributed by atoms with Crippen molar-refractivity contribution in [2.45, 2.75) is 25.3 Å². The van der Waals surface area contributed by atoms with Gasteiger partial charge in [0.1, 0.15) is 16.3 Å². The van der Waals surface area contributed by atoms with E-state index in [1.54, 1.807) is 37.2 Å². The summed E-state index contributed by atoms with van der Waals surface area (Å²) in [4.78, 5) is 57.0. The van der Waals surface area contributed by atoms with E-state index in [1.807, 2.05) is 4.90 Å². The minimum absolute atomic E-state index is 0.00115. The number of aryl methyl sites for hydroxylation is 1. The van der Waals surface area contributed by atoms with Crippen molar-refractivity contribution < 1.29 is 22.7 Å². The maximum atomic E-state index is 13.8. The number of anilines is 1. The van der Waals surface area contributed by atoms with Gasteiger partial charge in [-0.15, -0.1) is 11.3 Å². The zero-order valence-electron chi connectivity index (χ0n) is 22.2. The molecular formula is C24H30N8O6S2. The predicted octanol–water partition coefficient (Wildman–Crippen LogP) is 0.368. The maximum absolute atomic E-state index is 13.8. The second kappa shape index (κ2) is 11.5. The smallest absolute Gasteiger partial charge is 0.409 e. The third-order valence-electron chi connectivity index (χ3n) is 6.94. The van der Waals surface area contributed by atoms with Crippen LogP contribution in [-0.2, 0) is 26.1 Å². The summed E-state index contributed by atoms with van der Waals surface area (Å²) in [6.07, 6.45) is 4.14. The Morgan fingerprint density at radius 1 is 0.975 bits per heavy atom. The summed E-state index contributed by atoms with van der Waals surface area (Å²) >= 11 is 1.14. The van der Waals surface area contributed by atoms with Crippen molar-refractivity contribution in [3.05, 3.63) is 40.0 Å². The molecule has 2 amide bonds. The molecule has 3 aromatic heterocycles. The molecule has 2 aliphatic heterocycles. The lowest BCUT2D eigenvalue weighted by Gasteiger charge is -2.34. The van der Waals surface area contributed by atoms with Gasteiger partial charge in [-0.3, -0.25) is 14.2 Å². The lowest BCUT2D eigenvalue weighted by Crippen LogP contribution is -2.51. The highest BCUT2D eigenvalue weighted by Gasteiger charge is 2.34. The van der Waals surface area contributed by atoms with Crippen molar-refractivity contribution in [2.75, 3.05) is 63.9 Å². The minimum atomic E-state index is -4.01. The Labute approximate surface area is 234 Å². The van der Waals surface area contributed by atoms with E-state index in [0.29, 0.717) is 54.9 Å². The molecule has 214 valence electrons. The Kier molecular flexibility index (Phi) is 8.00. The van der Waals surface area contributed by atoms with Gasteiger partial charge in [0.15, 0.2) is 0 Å². The van der Waals surface area contributed by atoms with Crippen LogP contribution < -0.4 is 10.5 Å². The number of aromatic nitrogens is 4. The van der Waals surface area contributed by atoms with Gasteiger partial charge in [0, 0.05) is 69.6 Å². The largest absolute Gasteiger partial charge is 0.450 e. The molecule has 16 heteroatoms. The summed E-state index contributed by atoms with van der Waals surface area (Å²) in [5, 5.41) is -0.00115. The Morgan fingerprint density at radius 3 is 2.27 bits per heavy atom. The molecule has 0 spiro atoms. The van der Waals surface area contributed by atoms with E-state index in [0.717, 1.165) is 15.9 Å². The standard InChI is InChI=1S/C24H30N8O6S2/c1-3-38-24(35)30-9-7-28(8-10-30)18(33)15-31-16-27-21-19(22(31)34)20(17(2)39-21)40(36,37)32-13-11-29(12-14-32)23-25-5-4-6-26-23/h4-6,16H,3,7-15H2,1-2H3. The molecule has 0 unspecified atom stereocenters. The highest BCUT2D eigenvalue weighted by atomic mass is 32.2. The van der Waals surface area contributed by atoms with Gasteiger partial charge in [-0.2, -0.15) is 4.31 Å². The van der Waals surface area contributed by atoms with Crippen LogP contribution in [0.5, 0.6) is 0 Å². The van der Waals surface area contributed by atoms with Gasteiger partial charge in [-0.1, -0.05) is 0 Å². The molecule has 2 aliphatic rings. The first-order valence-electron chi connectivity index (χ1n) is 12.9. The molecule has 5 heterocycles. The second-order valence-corrected chi connectivity index (χ2v) is 12.4. The number of amides is 2. The lowest BCUT2D eigenvalue weighted by molar-refractivity contribution is -0.133. The van der Waals surface area contributed by atoms with Crippen molar-refractivity contribution in [1.82, 2.24) is 33.6 Å². The first kappa shape index (κ1) is 27.9. The normalized spacial score (nSPS) is 16.9. The van der Waals surface area contributed by atoms with Gasteiger partial charge in [0.25, 0.3) is 5.56 Å². The molecule has 0 N–H and O–H groups in total. The fourth-order valence-corrected chi connectivity index (χ4v) is 7.94. The molecule has 0 aliphatic carbocycles. The molecule has 0 atom stereocenters. The number of carbonyl (C=O) groups excluding carboxylic acids is 2. The van der Waals surface area contributed by atoms with Gasteiger partial charge < -0.3 is 19.4 Å². The van der Waals surface area contributed by atoms with Gasteiger partial charge in [0.2, 0.25) is 21.9 Å². The van der Waals surface area contributed by atoms with E-state index in [1.165, 1.54) is 15.5 Å². The molecule has 0 bridgehead atoms. The summed E-state index contributed by atoms with van der Waals surface area (Å²) in [6, 6.07) is 1.72. The van der Waals surface area contributed by atoms with Crippen LogP contribution in [0.1, 0.15) is 11.8 Å². The van der Waals surface area contributed by atoms with Crippen LogP contribution in [0.25, 0.3) is 10.2 Å². The quantitative estimate of drug-likeness (QED) is 0.394. The molecule has 2 fully saturated rings. The van der Waals surface area contributed by atoms with E-state index < -0.39 is 21.7 Å². The van der Waals surface area contributed by atoms with Crippen LogP contribution in [0.2, 0.25) is 0 Å². The predicted molar refractivity (Wildman–Crippen MR) is 147 cm³/mol. The number of thiophene rings is 1.